The van der Waals surface area contributed by atoms with Gasteiger partial charge in [0.2, 0.25) is 0 Å². The van der Waals surface area contributed by atoms with Gasteiger partial charge in [-0.2, -0.15) is 5.11 Å². The van der Waals surface area contributed by atoms with Crippen molar-refractivity contribution in [3.8, 4) is 0 Å². The van der Waals surface area contributed by atoms with Crippen molar-refractivity contribution in [1.82, 2.24) is 0 Å². The van der Waals surface area contributed by atoms with E-state index in [2.05, 4.69) is 10.2 Å². The van der Waals surface area contributed by atoms with Crippen molar-refractivity contribution in [3.05, 3.63) is 57.6 Å². The van der Waals surface area contributed by atoms with Gasteiger partial charge in [0.25, 0.3) is 5.69 Å². The highest BCUT2D eigenvalue weighted by Crippen LogP contribution is 2.30. The van der Waals surface area contributed by atoms with E-state index in [1.54, 1.807) is 24.3 Å². The number of nitrogens with two attached hydrogens (primary N) is 1. The van der Waals surface area contributed by atoms with Crippen LogP contribution in [-0.2, 0) is 0 Å². The lowest BCUT2D eigenvalue weighted by Crippen LogP contribution is -1.86. The fourth-order valence-corrected chi connectivity index (χ4v) is 1.56. The lowest BCUT2D eigenvalue weighted by Gasteiger charge is -1.97. The first kappa shape index (κ1) is 13.0. The van der Waals surface area contributed by atoms with Crippen molar-refractivity contribution in [2.24, 2.45) is 10.2 Å². The van der Waals surface area contributed by atoms with E-state index >= 15 is 0 Å². The number of anilines is 1. The number of rotatable bonds is 3. The molecule has 0 heterocycles. The Balaban J connectivity index is 2.23. The van der Waals surface area contributed by atoms with Crippen molar-refractivity contribution < 1.29 is 4.92 Å². The molecule has 0 radical (unpaired) electrons. The molecule has 6 nitrogen and oxygen atoms in total. The SMILES string of the molecule is Nc1ccc(/N=N/c2ccc([N+](=O)[O-])cc2Cl)cc1. The first-order chi connectivity index (χ1) is 9.06. The lowest BCUT2D eigenvalue weighted by atomic mass is 10.3. The van der Waals surface area contributed by atoms with Crippen LogP contribution < -0.4 is 5.73 Å². The van der Waals surface area contributed by atoms with Gasteiger partial charge < -0.3 is 5.73 Å². The van der Waals surface area contributed by atoms with Gasteiger partial charge in [-0.3, -0.25) is 10.1 Å². The summed E-state index contributed by atoms with van der Waals surface area (Å²) in [6, 6.07) is 10.8. The second-order valence-corrected chi connectivity index (χ2v) is 4.09. The van der Waals surface area contributed by atoms with Crippen molar-refractivity contribution in [1.29, 1.82) is 0 Å². The molecular weight excluding hydrogens is 268 g/mol. The van der Waals surface area contributed by atoms with Gasteiger partial charge in [0.1, 0.15) is 5.69 Å². The van der Waals surface area contributed by atoms with Crippen LogP contribution in [0.1, 0.15) is 0 Å². The van der Waals surface area contributed by atoms with Crippen LogP contribution in [0.25, 0.3) is 0 Å². The summed E-state index contributed by atoms with van der Waals surface area (Å²) in [5.41, 5.74) is 7.07. The average Bonchev–Trinajstić information content (AvgIpc) is 2.39. The normalized spacial score (nSPS) is 10.8. The molecule has 0 aliphatic carbocycles. The predicted molar refractivity (Wildman–Crippen MR) is 73.1 cm³/mol. The molecule has 0 atom stereocenters. The Morgan fingerprint density at radius 1 is 1.11 bits per heavy atom. The molecule has 2 rings (SSSR count). The van der Waals surface area contributed by atoms with Crippen LogP contribution in [0.3, 0.4) is 0 Å². The predicted octanol–water partition coefficient (Wildman–Crippen LogP) is 4.25. The summed E-state index contributed by atoms with van der Waals surface area (Å²) in [5, 5.41) is 18.6. The number of non-ortho nitro benzene ring substituents is 1. The van der Waals surface area contributed by atoms with Gasteiger partial charge in [0, 0.05) is 17.8 Å². The fourth-order valence-electron chi connectivity index (χ4n) is 1.34. The Bertz CT molecular complexity index is 641. The molecule has 0 aromatic heterocycles. The van der Waals surface area contributed by atoms with Gasteiger partial charge in [-0.25, -0.2) is 0 Å². The summed E-state index contributed by atoms with van der Waals surface area (Å²) in [6.45, 7) is 0. The Kier molecular flexibility index (Phi) is 3.72. The Labute approximate surface area is 113 Å². The summed E-state index contributed by atoms with van der Waals surface area (Å²) in [7, 11) is 0. The number of hydrogen-bond acceptors (Lipinski definition) is 5. The molecule has 2 aromatic carbocycles. The number of nitro groups is 1. The second kappa shape index (κ2) is 5.45. The van der Waals surface area contributed by atoms with Crippen molar-refractivity contribution in [2.45, 2.75) is 0 Å². The highest BCUT2D eigenvalue weighted by atomic mass is 35.5. The van der Waals surface area contributed by atoms with Gasteiger partial charge >= 0.3 is 0 Å². The van der Waals surface area contributed by atoms with Crippen LogP contribution in [0.4, 0.5) is 22.7 Å². The fraction of sp³-hybridized carbons (Fsp3) is 0. The lowest BCUT2D eigenvalue weighted by molar-refractivity contribution is -0.384. The summed E-state index contributed by atoms with van der Waals surface area (Å²) in [4.78, 5) is 10.0. The molecule has 0 saturated carbocycles. The molecule has 19 heavy (non-hydrogen) atoms. The molecule has 0 fully saturated rings. The van der Waals surface area contributed by atoms with E-state index in [9.17, 15) is 10.1 Å². The molecule has 7 heteroatoms. The van der Waals surface area contributed by atoms with Crippen LogP contribution in [0.2, 0.25) is 5.02 Å². The monoisotopic (exact) mass is 276 g/mol. The number of hydrogen-bond donors (Lipinski definition) is 1. The van der Waals surface area contributed by atoms with Crippen molar-refractivity contribution in [2.75, 3.05) is 5.73 Å². The molecular formula is C12H9ClN4O2. The Morgan fingerprint density at radius 3 is 2.37 bits per heavy atom. The Hall–Kier alpha value is -2.47. The smallest absolute Gasteiger partial charge is 0.271 e. The minimum Gasteiger partial charge on any atom is -0.399 e. The highest BCUT2D eigenvalue weighted by Gasteiger charge is 2.08. The molecule has 2 N–H and O–H groups in total. The number of azo groups is 1. The summed E-state index contributed by atoms with van der Waals surface area (Å²) < 4.78 is 0. The van der Waals surface area contributed by atoms with E-state index in [4.69, 9.17) is 17.3 Å². The van der Waals surface area contributed by atoms with E-state index < -0.39 is 4.92 Å². The third-order valence-electron chi connectivity index (χ3n) is 2.31. The maximum absolute atomic E-state index is 10.6. The van der Waals surface area contributed by atoms with E-state index in [-0.39, 0.29) is 10.7 Å². The zero-order valence-electron chi connectivity index (χ0n) is 9.65. The molecule has 0 spiro atoms. The summed E-state index contributed by atoms with van der Waals surface area (Å²) in [6.07, 6.45) is 0. The average molecular weight is 277 g/mol. The number of nitro benzene ring substituents is 1. The standard InChI is InChI=1S/C12H9ClN4O2/c13-11-7-10(17(18)19)5-6-12(11)16-15-9-3-1-8(14)2-4-9/h1-7H,14H2/b16-15+. The van der Waals surface area contributed by atoms with Gasteiger partial charge in [0.15, 0.2) is 0 Å². The molecule has 0 amide bonds. The molecule has 0 unspecified atom stereocenters. The number of nitrogens with zero attached hydrogens (tertiary/aromatic N) is 3. The molecule has 0 aliphatic heterocycles. The zero-order chi connectivity index (χ0) is 13.8. The van der Waals surface area contributed by atoms with E-state index in [1.165, 1.54) is 18.2 Å². The first-order valence-electron chi connectivity index (χ1n) is 5.27. The first-order valence-corrected chi connectivity index (χ1v) is 5.65. The number of halogens is 1. The molecule has 0 saturated heterocycles. The van der Waals surface area contributed by atoms with Crippen LogP contribution in [0, 0.1) is 10.1 Å². The van der Waals surface area contributed by atoms with Gasteiger partial charge in [0.05, 0.1) is 15.6 Å². The third kappa shape index (κ3) is 3.26. The van der Waals surface area contributed by atoms with Crippen LogP contribution in [0.15, 0.2) is 52.7 Å². The minimum atomic E-state index is -0.521. The van der Waals surface area contributed by atoms with Gasteiger partial charge in [-0.1, -0.05) is 11.6 Å². The quantitative estimate of drug-likeness (QED) is 0.393. The van der Waals surface area contributed by atoms with E-state index in [0.29, 0.717) is 17.1 Å². The minimum absolute atomic E-state index is 0.0866. The van der Waals surface area contributed by atoms with Crippen molar-refractivity contribution in [3.63, 3.8) is 0 Å². The van der Waals surface area contributed by atoms with Gasteiger partial charge in [-0.05, 0) is 30.3 Å². The second-order valence-electron chi connectivity index (χ2n) is 3.68. The zero-order valence-corrected chi connectivity index (χ0v) is 10.4. The van der Waals surface area contributed by atoms with Crippen molar-refractivity contribution >= 4 is 34.4 Å². The molecule has 0 aliphatic rings. The van der Waals surface area contributed by atoms with Crippen LogP contribution in [0.5, 0.6) is 0 Å². The number of nitrogen functional groups attached to an aromatic ring is 1. The van der Waals surface area contributed by atoms with E-state index in [0.717, 1.165) is 0 Å². The van der Waals surface area contributed by atoms with Crippen LogP contribution >= 0.6 is 11.6 Å². The number of benzene rings is 2. The molecule has 0 bridgehead atoms. The van der Waals surface area contributed by atoms with Gasteiger partial charge in [-0.15, -0.1) is 5.11 Å². The highest BCUT2D eigenvalue weighted by molar-refractivity contribution is 6.33. The maximum Gasteiger partial charge on any atom is 0.271 e. The molecule has 96 valence electrons. The summed E-state index contributed by atoms with van der Waals surface area (Å²) in [5.74, 6) is 0. The Morgan fingerprint density at radius 2 is 1.79 bits per heavy atom. The van der Waals surface area contributed by atoms with Crippen LogP contribution in [-0.4, -0.2) is 4.92 Å². The third-order valence-corrected chi connectivity index (χ3v) is 2.61. The summed E-state index contributed by atoms with van der Waals surface area (Å²) >= 11 is 5.89. The van der Waals surface area contributed by atoms with E-state index in [1.807, 2.05) is 0 Å². The largest absolute Gasteiger partial charge is 0.399 e. The molecule has 2 aromatic rings. The maximum atomic E-state index is 10.6. The topological polar surface area (TPSA) is 93.9 Å².